The quantitative estimate of drug-likeness (QED) is 0.0210. The number of nitro benzene ring substituents is 1. The third kappa shape index (κ3) is 12.3. The van der Waals surface area contributed by atoms with Crippen LogP contribution in [0.15, 0.2) is 42.5 Å². The van der Waals surface area contributed by atoms with Crippen LogP contribution in [-0.4, -0.2) is 101 Å². The zero-order valence-electron chi connectivity index (χ0n) is 28.9. The monoisotopic (exact) mass is 743 g/mol. The summed E-state index contributed by atoms with van der Waals surface area (Å²) in [5.74, 6) is -1.14. The van der Waals surface area contributed by atoms with Gasteiger partial charge in [-0.25, -0.2) is 4.79 Å². The molecule has 282 valence electrons. The number of aromatic hydroxyl groups is 1. The molecular formula is C35H45N5O11S. The van der Waals surface area contributed by atoms with Crippen molar-refractivity contribution in [3.63, 3.8) is 0 Å². The number of ketones is 2. The molecule has 52 heavy (non-hydrogen) atoms. The number of phenols is 1. The average Bonchev–Trinajstić information content (AvgIpc) is 3.67. The Hall–Kier alpha value is -4.58. The Kier molecular flexibility index (Phi) is 15.4. The van der Waals surface area contributed by atoms with E-state index in [4.69, 9.17) is 19.9 Å². The summed E-state index contributed by atoms with van der Waals surface area (Å²) >= 11 is 1.79. The molecule has 0 radical (unpaired) electrons. The van der Waals surface area contributed by atoms with E-state index in [0.717, 1.165) is 30.2 Å². The fourth-order valence-corrected chi connectivity index (χ4v) is 7.40. The Labute approximate surface area is 305 Å². The highest BCUT2D eigenvalue weighted by atomic mass is 32.2. The van der Waals surface area contributed by atoms with E-state index in [1.165, 1.54) is 24.3 Å². The molecule has 2 fully saturated rings. The van der Waals surface area contributed by atoms with E-state index < -0.39 is 34.6 Å². The minimum Gasteiger partial charge on any atom is -0.508 e. The van der Waals surface area contributed by atoms with Crippen molar-refractivity contribution in [3.8, 4) is 11.5 Å². The first-order chi connectivity index (χ1) is 24.9. The second-order valence-corrected chi connectivity index (χ2v) is 13.9. The number of benzene rings is 2. The van der Waals surface area contributed by atoms with E-state index in [0.29, 0.717) is 12.8 Å². The van der Waals surface area contributed by atoms with Crippen LogP contribution in [0.2, 0.25) is 0 Å². The Morgan fingerprint density at radius 2 is 1.79 bits per heavy atom. The standard InChI is InChI=1S/C35H45N5O11S/c1-21(37-25(34(36)45)17-22-8-11-24(41)12-9-22)29(43)19-50-16-15-49-14-4-5-28(42)23-10-13-30(27(18-23)40(47)48)51-32(44)7-3-2-6-31-33-26(20-52-31)38-35(46)39-33/h8-13,18,21,25-26,31,33,37,41H,2-7,14-17,19-20H2,1H3,(H2,36,45)(H2,38,39,46)/t21?,25-,26-,31-,33-/m0/s1. The lowest BCUT2D eigenvalue weighted by Crippen LogP contribution is -2.50. The number of rotatable bonds is 23. The molecule has 0 saturated carbocycles. The predicted molar refractivity (Wildman–Crippen MR) is 190 cm³/mol. The number of nitrogens with two attached hydrogens (primary N) is 1. The molecule has 0 bridgehead atoms. The number of unbranched alkanes of at least 4 members (excludes halogenated alkanes) is 1. The van der Waals surface area contributed by atoms with Gasteiger partial charge in [0.05, 0.1) is 42.3 Å². The van der Waals surface area contributed by atoms with Crippen LogP contribution in [0.1, 0.15) is 61.4 Å². The molecule has 2 heterocycles. The van der Waals surface area contributed by atoms with Gasteiger partial charge in [0.25, 0.3) is 0 Å². The number of Topliss-reactive ketones (excluding diaryl/α,β-unsaturated/α-hetero) is 2. The summed E-state index contributed by atoms with van der Waals surface area (Å²) in [4.78, 5) is 72.1. The van der Waals surface area contributed by atoms with Crippen LogP contribution in [0.25, 0.3) is 0 Å². The SMILES string of the molecule is CC(N[C@@H](Cc1ccc(O)cc1)C(N)=O)C(=O)COCCOCCCC(=O)c1ccc(OC(=O)CCCC[C@@H]2SC[C@@H]3NC(=O)N[C@@H]32)c([N+](=O)[O-])c1. The van der Waals surface area contributed by atoms with Crippen molar-refractivity contribution in [1.29, 1.82) is 0 Å². The number of ether oxygens (including phenoxy) is 3. The summed E-state index contributed by atoms with van der Waals surface area (Å²) in [6.07, 6.45) is 2.80. The number of urea groups is 1. The molecule has 2 aromatic carbocycles. The number of thioether (sulfide) groups is 1. The number of hydrogen-bond acceptors (Lipinski definition) is 13. The molecule has 2 aliphatic rings. The molecular weight excluding hydrogens is 698 g/mol. The number of esters is 1. The van der Waals surface area contributed by atoms with Gasteiger partial charge < -0.3 is 35.7 Å². The molecule has 3 amide bonds. The molecule has 2 aromatic rings. The van der Waals surface area contributed by atoms with Gasteiger partial charge in [0, 0.05) is 42.1 Å². The Morgan fingerprint density at radius 3 is 2.52 bits per heavy atom. The predicted octanol–water partition coefficient (Wildman–Crippen LogP) is 2.57. The van der Waals surface area contributed by atoms with Crippen molar-refractivity contribution >= 4 is 46.9 Å². The van der Waals surface area contributed by atoms with Crippen molar-refractivity contribution in [3.05, 3.63) is 63.7 Å². The van der Waals surface area contributed by atoms with Crippen molar-refractivity contribution in [1.82, 2.24) is 16.0 Å². The molecule has 17 heteroatoms. The highest BCUT2D eigenvalue weighted by Gasteiger charge is 2.42. The summed E-state index contributed by atoms with van der Waals surface area (Å²) < 4.78 is 16.1. The lowest BCUT2D eigenvalue weighted by atomic mass is 10.0. The zero-order valence-corrected chi connectivity index (χ0v) is 29.7. The minimum atomic E-state index is -0.797. The van der Waals surface area contributed by atoms with Gasteiger partial charge in [-0.05, 0) is 62.4 Å². The van der Waals surface area contributed by atoms with Crippen molar-refractivity contribution < 1.29 is 48.2 Å². The van der Waals surface area contributed by atoms with Gasteiger partial charge in [-0.1, -0.05) is 18.6 Å². The van der Waals surface area contributed by atoms with Crippen LogP contribution < -0.4 is 26.4 Å². The van der Waals surface area contributed by atoms with Crippen LogP contribution in [0.4, 0.5) is 10.5 Å². The maximum Gasteiger partial charge on any atom is 0.315 e. The smallest absolute Gasteiger partial charge is 0.315 e. The first-order valence-electron chi connectivity index (χ1n) is 17.1. The zero-order chi connectivity index (χ0) is 37.6. The highest BCUT2D eigenvalue weighted by Crippen LogP contribution is 2.33. The molecule has 16 nitrogen and oxygen atoms in total. The Bertz CT molecular complexity index is 1590. The van der Waals surface area contributed by atoms with Gasteiger partial charge in [0.1, 0.15) is 12.4 Å². The summed E-state index contributed by atoms with van der Waals surface area (Å²) in [7, 11) is 0. The first kappa shape index (κ1) is 40.2. The number of fused-ring (bicyclic) bond motifs is 1. The fraction of sp³-hybridized carbons (Fsp3) is 0.514. The molecule has 0 spiro atoms. The number of nitrogens with zero attached hydrogens (tertiary/aromatic N) is 1. The molecule has 5 atom stereocenters. The van der Waals surface area contributed by atoms with Gasteiger partial charge in [-0.3, -0.25) is 34.6 Å². The van der Waals surface area contributed by atoms with Crippen LogP contribution in [-0.2, 0) is 30.3 Å². The summed E-state index contributed by atoms with van der Waals surface area (Å²) in [5, 5.41) is 30.1. The minimum absolute atomic E-state index is 0.0601. The van der Waals surface area contributed by atoms with Crippen molar-refractivity contribution in [2.75, 3.05) is 32.2 Å². The number of amides is 3. The van der Waals surface area contributed by atoms with Crippen LogP contribution in [0, 0.1) is 10.1 Å². The topological polar surface area (TPSA) is 239 Å². The number of nitro groups is 1. The van der Waals surface area contributed by atoms with E-state index in [2.05, 4.69) is 16.0 Å². The van der Waals surface area contributed by atoms with Gasteiger partial charge >= 0.3 is 17.7 Å². The molecule has 2 saturated heterocycles. The third-order valence-corrected chi connectivity index (χ3v) is 10.2. The lowest BCUT2D eigenvalue weighted by Gasteiger charge is -2.20. The largest absolute Gasteiger partial charge is 0.508 e. The van der Waals surface area contributed by atoms with Crippen LogP contribution in [0.3, 0.4) is 0 Å². The van der Waals surface area contributed by atoms with Crippen molar-refractivity contribution in [2.24, 2.45) is 5.73 Å². The van der Waals surface area contributed by atoms with E-state index in [-0.39, 0.29) is 97.7 Å². The second-order valence-electron chi connectivity index (χ2n) is 12.7. The Balaban J connectivity index is 1.08. The Morgan fingerprint density at radius 1 is 1.04 bits per heavy atom. The van der Waals surface area contributed by atoms with Gasteiger partial charge in [0.15, 0.2) is 11.6 Å². The van der Waals surface area contributed by atoms with E-state index in [9.17, 15) is 39.2 Å². The first-order valence-corrected chi connectivity index (χ1v) is 18.2. The van der Waals surface area contributed by atoms with Crippen LogP contribution in [0.5, 0.6) is 11.5 Å². The summed E-state index contributed by atoms with van der Waals surface area (Å²) in [6, 6.07) is 8.61. The van der Waals surface area contributed by atoms with E-state index in [1.807, 2.05) is 0 Å². The number of primary amides is 1. The lowest BCUT2D eigenvalue weighted by molar-refractivity contribution is -0.385. The maximum atomic E-state index is 12.7. The van der Waals surface area contributed by atoms with Gasteiger partial charge in [-0.2, -0.15) is 11.8 Å². The number of nitrogens with one attached hydrogen (secondary N) is 3. The van der Waals surface area contributed by atoms with E-state index >= 15 is 0 Å². The number of carbonyl (C=O) groups is 5. The van der Waals surface area contributed by atoms with Gasteiger partial charge in [0.2, 0.25) is 11.7 Å². The number of phenolic OH excluding ortho intramolecular Hbond substituents is 1. The molecule has 0 aliphatic carbocycles. The number of hydrogen-bond donors (Lipinski definition) is 5. The average molecular weight is 744 g/mol. The van der Waals surface area contributed by atoms with Crippen LogP contribution >= 0.6 is 11.8 Å². The maximum absolute atomic E-state index is 12.7. The molecule has 4 rings (SSSR count). The molecule has 0 aromatic heterocycles. The summed E-state index contributed by atoms with van der Waals surface area (Å²) in [5.41, 5.74) is 5.89. The number of carbonyl (C=O) groups excluding carboxylic acids is 5. The fourth-order valence-electron chi connectivity index (χ4n) is 5.85. The van der Waals surface area contributed by atoms with E-state index in [1.54, 1.807) is 30.8 Å². The third-order valence-electron chi connectivity index (χ3n) is 8.72. The summed E-state index contributed by atoms with van der Waals surface area (Å²) in [6.45, 7) is 1.87. The van der Waals surface area contributed by atoms with Crippen molar-refractivity contribution in [2.45, 2.75) is 81.3 Å². The van der Waals surface area contributed by atoms with Gasteiger partial charge in [-0.15, -0.1) is 0 Å². The second kappa shape index (κ2) is 19.9. The molecule has 6 N–H and O–H groups in total. The molecule has 2 aliphatic heterocycles. The molecule has 1 unspecified atom stereocenters. The highest BCUT2D eigenvalue weighted by molar-refractivity contribution is 8.00. The normalized spacial score (nSPS) is 18.9.